The van der Waals surface area contributed by atoms with Gasteiger partial charge in [0.15, 0.2) is 11.5 Å². The number of hydrogen-bond donors (Lipinski definition) is 3. The molecule has 4 N–H and O–H groups in total. The lowest BCUT2D eigenvalue weighted by Crippen LogP contribution is -2.32. The van der Waals surface area contributed by atoms with Gasteiger partial charge in [-0.2, -0.15) is 0 Å². The van der Waals surface area contributed by atoms with Gasteiger partial charge in [0.05, 0.1) is 6.61 Å². The number of ether oxygens (including phenoxy) is 2. The number of hydrogen-bond acceptors (Lipinski definition) is 8. The minimum Gasteiger partial charge on any atom is -0.490 e. The fourth-order valence-electron chi connectivity index (χ4n) is 2.78. The van der Waals surface area contributed by atoms with Crippen LogP contribution in [0.3, 0.4) is 0 Å². The lowest BCUT2D eigenvalue weighted by molar-refractivity contribution is 0.0944. The zero-order valence-electron chi connectivity index (χ0n) is 17.4. The third kappa shape index (κ3) is 6.49. The Balaban J connectivity index is 1.50. The van der Waals surface area contributed by atoms with E-state index < -0.39 is 5.91 Å². The number of aromatic nitrogens is 2. The summed E-state index contributed by atoms with van der Waals surface area (Å²) in [5, 5.41) is 13.9. The van der Waals surface area contributed by atoms with Crippen molar-refractivity contribution in [2.45, 2.75) is 20.1 Å². The van der Waals surface area contributed by atoms with Crippen LogP contribution in [0.15, 0.2) is 41.0 Å². The number of anilines is 1. The van der Waals surface area contributed by atoms with Crippen LogP contribution in [0, 0.1) is 0 Å². The van der Waals surface area contributed by atoms with Gasteiger partial charge < -0.3 is 25.8 Å². The molecular formula is C21H23Cl2N5O4. The van der Waals surface area contributed by atoms with E-state index in [0.29, 0.717) is 54.4 Å². The molecule has 0 aliphatic heterocycles. The number of amides is 1. The summed E-state index contributed by atoms with van der Waals surface area (Å²) in [5.41, 5.74) is 7.29. The Hall–Kier alpha value is -3.01. The molecule has 32 heavy (non-hydrogen) atoms. The maximum absolute atomic E-state index is 11.9. The van der Waals surface area contributed by atoms with E-state index in [-0.39, 0.29) is 11.5 Å². The second-order valence-electron chi connectivity index (χ2n) is 6.67. The number of nitrogens with zero attached hydrogens (tertiary/aromatic N) is 2. The zero-order chi connectivity index (χ0) is 22.9. The third-order valence-electron chi connectivity index (χ3n) is 4.35. The van der Waals surface area contributed by atoms with Gasteiger partial charge in [0.25, 0.3) is 5.91 Å². The summed E-state index contributed by atoms with van der Waals surface area (Å²) in [6.45, 7) is 4.19. The van der Waals surface area contributed by atoms with E-state index in [4.69, 9.17) is 38.4 Å². The molecule has 11 heteroatoms. The number of nitrogen functional groups attached to an aromatic ring is 1. The Bertz CT molecular complexity index is 1060. The highest BCUT2D eigenvalue weighted by Gasteiger charge is 2.15. The molecule has 0 atom stereocenters. The molecule has 0 aliphatic rings. The first-order valence-corrected chi connectivity index (χ1v) is 10.6. The molecule has 1 heterocycles. The maximum atomic E-state index is 11.9. The molecule has 3 rings (SSSR count). The number of carbonyl (C=O) groups is 1. The Labute approximate surface area is 195 Å². The van der Waals surface area contributed by atoms with Gasteiger partial charge >= 0.3 is 0 Å². The van der Waals surface area contributed by atoms with Crippen molar-refractivity contribution in [3.63, 3.8) is 0 Å². The predicted molar refractivity (Wildman–Crippen MR) is 121 cm³/mol. The summed E-state index contributed by atoms with van der Waals surface area (Å²) in [6.07, 6.45) is 0. The van der Waals surface area contributed by atoms with Crippen LogP contribution in [-0.2, 0) is 13.2 Å². The van der Waals surface area contributed by atoms with E-state index >= 15 is 0 Å². The fourth-order valence-corrected chi connectivity index (χ4v) is 3.24. The minimum absolute atomic E-state index is 0.0261. The topological polar surface area (TPSA) is 125 Å². The van der Waals surface area contributed by atoms with Crippen molar-refractivity contribution < 1.29 is 18.9 Å². The Morgan fingerprint density at radius 1 is 1.09 bits per heavy atom. The molecule has 0 fully saturated rings. The standard InChI is InChI=1S/C21H23Cl2N5O4/c1-2-30-18-9-13(11-25-7-8-26-21(29)19-20(24)28-32-27-19)3-6-17(18)31-12-14-4-5-15(22)10-16(14)23/h3-6,9-10,25H,2,7-8,11-12H2,1H3,(H2,24,28)(H,26,29). The van der Waals surface area contributed by atoms with E-state index in [1.807, 2.05) is 31.2 Å². The van der Waals surface area contributed by atoms with Crippen molar-refractivity contribution in [2.24, 2.45) is 0 Å². The van der Waals surface area contributed by atoms with E-state index in [9.17, 15) is 4.79 Å². The molecule has 0 spiro atoms. The lowest BCUT2D eigenvalue weighted by atomic mass is 10.2. The molecule has 0 aliphatic carbocycles. The van der Waals surface area contributed by atoms with Gasteiger partial charge in [-0.15, -0.1) is 0 Å². The number of carbonyl (C=O) groups excluding carboxylic acids is 1. The quantitative estimate of drug-likeness (QED) is 0.357. The van der Waals surface area contributed by atoms with Crippen LogP contribution in [0.4, 0.5) is 5.82 Å². The number of benzene rings is 2. The van der Waals surface area contributed by atoms with E-state index in [1.54, 1.807) is 12.1 Å². The Morgan fingerprint density at radius 3 is 2.66 bits per heavy atom. The molecule has 1 amide bonds. The van der Waals surface area contributed by atoms with Crippen LogP contribution in [-0.4, -0.2) is 35.9 Å². The van der Waals surface area contributed by atoms with Crippen LogP contribution in [0.2, 0.25) is 10.0 Å². The summed E-state index contributed by atoms with van der Waals surface area (Å²) in [5.74, 6) is 0.776. The van der Waals surface area contributed by atoms with Crippen molar-refractivity contribution in [2.75, 3.05) is 25.4 Å². The van der Waals surface area contributed by atoms with Gasteiger partial charge in [0.1, 0.15) is 6.61 Å². The average molecular weight is 480 g/mol. The molecule has 9 nitrogen and oxygen atoms in total. The highest BCUT2D eigenvalue weighted by atomic mass is 35.5. The fraction of sp³-hybridized carbons (Fsp3) is 0.286. The van der Waals surface area contributed by atoms with Crippen LogP contribution >= 0.6 is 23.2 Å². The summed E-state index contributed by atoms with van der Waals surface area (Å²) < 4.78 is 16.1. The summed E-state index contributed by atoms with van der Waals surface area (Å²) in [4.78, 5) is 11.9. The first kappa shape index (κ1) is 23.6. The monoisotopic (exact) mass is 479 g/mol. The summed E-state index contributed by atoms with van der Waals surface area (Å²) in [7, 11) is 0. The van der Waals surface area contributed by atoms with Crippen LogP contribution in [0.25, 0.3) is 0 Å². The smallest absolute Gasteiger partial charge is 0.277 e. The first-order chi connectivity index (χ1) is 15.5. The van der Waals surface area contributed by atoms with Gasteiger partial charge in [0, 0.05) is 35.2 Å². The molecule has 0 saturated carbocycles. The summed E-state index contributed by atoms with van der Waals surface area (Å²) >= 11 is 12.2. The molecular weight excluding hydrogens is 457 g/mol. The average Bonchev–Trinajstić information content (AvgIpc) is 3.20. The number of nitrogens with two attached hydrogens (primary N) is 1. The largest absolute Gasteiger partial charge is 0.490 e. The summed E-state index contributed by atoms with van der Waals surface area (Å²) in [6, 6.07) is 11.0. The molecule has 1 aromatic heterocycles. The van der Waals surface area contributed by atoms with Gasteiger partial charge in [-0.3, -0.25) is 4.79 Å². The van der Waals surface area contributed by atoms with Crippen molar-refractivity contribution in [1.82, 2.24) is 20.9 Å². The van der Waals surface area contributed by atoms with Crippen LogP contribution in [0.5, 0.6) is 11.5 Å². The molecule has 3 aromatic rings. The molecule has 0 saturated heterocycles. The SMILES string of the molecule is CCOc1cc(CNCCNC(=O)c2nonc2N)ccc1OCc1ccc(Cl)cc1Cl. The maximum Gasteiger partial charge on any atom is 0.277 e. The molecule has 0 bridgehead atoms. The first-order valence-electron chi connectivity index (χ1n) is 9.87. The number of halogens is 2. The highest BCUT2D eigenvalue weighted by Crippen LogP contribution is 2.30. The zero-order valence-corrected chi connectivity index (χ0v) is 18.9. The third-order valence-corrected chi connectivity index (χ3v) is 4.94. The van der Waals surface area contributed by atoms with Gasteiger partial charge in [-0.05, 0) is 47.1 Å². The van der Waals surface area contributed by atoms with Crippen molar-refractivity contribution in [3.05, 3.63) is 63.3 Å². The minimum atomic E-state index is -0.438. The van der Waals surface area contributed by atoms with Gasteiger partial charge in [-0.1, -0.05) is 35.3 Å². The molecule has 0 unspecified atom stereocenters. The van der Waals surface area contributed by atoms with E-state index in [1.165, 1.54) is 0 Å². The normalized spacial score (nSPS) is 10.7. The van der Waals surface area contributed by atoms with Crippen LogP contribution in [0.1, 0.15) is 28.5 Å². The van der Waals surface area contributed by atoms with Crippen LogP contribution < -0.4 is 25.8 Å². The van der Waals surface area contributed by atoms with Gasteiger partial charge in [-0.25, -0.2) is 4.63 Å². The molecule has 170 valence electrons. The van der Waals surface area contributed by atoms with Crippen molar-refractivity contribution in [1.29, 1.82) is 0 Å². The van der Waals surface area contributed by atoms with E-state index in [0.717, 1.165) is 11.1 Å². The lowest BCUT2D eigenvalue weighted by Gasteiger charge is -2.14. The second kappa shape index (κ2) is 11.6. The van der Waals surface area contributed by atoms with Crippen molar-refractivity contribution >= 4 is 34.9 Å². The van der Waals surface area contributed by atoms with E-state index in [2.05, 4.69) is 25.6 Å². The van der Waals surface area contributed by atoms with Crippen molar-refractivity contribution in [3.8, 4) is 11.5 Å². The molecule has 2 aromatic carbocycles. The predicted octanol–water partition coefficient (Wildman–Crippen LogP) is 3.46. The Morgan fingerprint density at radius 2 is 1.94 bits per heavy atom. The van der Waals surface area contributed by atoms with Gasteiger partial charge in [0.2, 0.25) is 11.5 Å². The second-order valence-corrected chi connectivity index (χ2v) is 7.51. The molecule has 0 radical (unpaired) electrons. The highest BCUT2D eigenvalue weighted by molar-refractivity contribution is 6.35. The number of rotatable bonds is 11. The number of nitrogens with one attached hydrogen (secondary N) is 2. The Kier molecular flexibility index (Phi) is 8.55.